The van der Waals surface area contributed by atoms with E-state index in [-0.39, 0.29) is 5.69 Å². The van der Waals surface area contributed by atoms with Crippen molar-refractivity contribution in [3.8, 4) is 0 Å². The number of carboxylic acids is 1. The van der Waals surface area contributed by atoms with Gasteiger partial charge in [-0.3, -0.25) is 0 Å². The second-order valence-corrected chi connectivity index (χ2v) is 4.49. The summed E-state index contributed by atoms with van der Waals surface area (Å²) >= 11 is 0. The molecule has 19 heavy (non-hydrogen) atoms. The highest BCUT2D eigenvalue weighted by molar-refractivity contribution is 5.86. The molecule has 5 heteroatoms. The molecule has 0 bridgehead atoms. The maximum Gasteiger partial charge on any atom is 0.358 e. The normalized spacial score (nSPS) is 10.6. The first kappa shape index (κ1) is 13.3. The zero-order valence-electron chi connectivity index (χ0n) is 11.1. The molecule has 0 fully saturated rings. The molecule has 0 amide bonds. The lowest BCUT2D eigenvalue weighted by Gasteiger charge is -2.05. The fourth-order valence-corrected chi connectivity index (χ4v) is 2.02. The molecule has 1 heterocycles. The van der Waals surface area contributed by atoms with E-state index in [1.807, 2.05) is 13.8 Å². The summed E-state index contributed by atoms with van der Waals surface area (Å²) < 4.78 is 1.65. The minimum absolute atomic E-state index is 0.0639. The highest BCUT2D eigenvalue weighted by Crippen LogP contribution is 2.11. The molecule has 0 aliphatic carbocycles. The molecule has 0 aliphatic heterocycles. The number of aromatic nitrogens is 3. The third-order valence-electron chi connectivity index (χ3n) is 3.11. The van der Waals surface area contributed by atoms with Crippen LogP contribution in [0.1, 0.15) is 34.2 Å². The Morgan fingerprint density at radius 2 is 1.95 bits per heavy atom. The highest BCUT2D eigenvalue weighted by atomic mass is 16.4. The van der Waals surface area contributed by atoms with Gasteiger partial charge in [0.1, 0.15) is 0 Å². The van der Waals surface area contributed by atoms with Gasteiger partial charge in [-0.1, -0.05) is 35.0 Å². The number of rotatable bonds is 5. The van der Waals surface area contributed by atoms with Gasteiger partial charge in [0.15, 0.2) is 5.69 Å². The predicted molar refractivity (Wildman–Crippen MR) is 71.2 cm³/mol. The van der Waals surface area contributed by atoms with Gasteiger partial charge in [0.25, 0.3) is 0 Å². The third kappa shape index (κ3) is 2.99. The maximum atomic E-state index is 11.1. The summed E-state index contributed by atoms with van der Waals surface area (Å²) in [7, 11) is 0. The molecular formula is C14H17N3O2. The van der Waals surface area contributed by atoms with Gasteiger partial charge in [0.05, 0.1) is 5.69 Å². The van der Waals surface area contributed by atoms with E-state index in [2.05, 4.69) is 34.6 Å². The largest absolute Gasteiger partial charge is 0.476 e. The topological polar surface area (TPSA) is 68.0 Å². The van der Waals surface area contributed by atoms with Gasteiger partial charge in [-0.05, 0) is 32.3 Å². The van der Waals surface area contributed by atoms with E-state index < -0.39 is 5.97 Å². The first-order valence-corrected chi connectivity index (χ1v) is 6.33. The Morgan fingerprint density at radius 3 is 2.53 bits per heavy atom. The molecule has 2 aromatic rings. The quantitative estimate of drug-likeness (QED) is 0.892. The van der Waals surface area contributed by atoms with E-state index >= 15 is 0 Å². The first-order chi connectivity index (χ1) is 9.11. The minimum Gasteiger partial charge on any atom is -0.476 e. The van der Waals surface area contributed by atoms with Crippen molar-refractivity contribution in [2.24, 2.45) is 0 Å². The molecular weight excluding hydrogens is 242 g/mol. The predicted octanol–water partition coefficient (Wildman–Crippen LogP) is 2.09. The van der Waals surface area contributed by atoms with Crippen LogP contribution in [0.5, 0.6) is 0 Å². The Bertz CT molecular complexity index is 573. The van der Waals surface area contributed by atoms with Crippen LogP contribution >= 0.6 is 0 Å². The van der Waals surface area contributed by atoms with Crippen molar-refractivity contribution in [3.05, 3.63) is 46.8 Å². The Labute approximate surface area is 111 Å². The third-order valence-corrected chi connectivity index (χ3v) is 3.11. The summed E-state index contributed by atoms with van der Waals surface area (Å²) in [6.07, 6.45) is 1.42. The van der Waals surface area contributed by atoms with Gasteiger partial charge in [-0.15, -0.1) is 5.10 Å². The fourth-order valence-electron chi connectivity index (χ4n) is 2.02. The monoisotopic (exact) mass is 259 g/mol. The minimum atomic E-state index is -1.02. The Hall–Kier alpha value is -2.17. The van der Waals surface area contributed by atoms with Gasteiger partial charge in [-0.25, -0.2) is 9.48 Å². The molecule has 0 unspecified atom stereocenters. The van der Waals surface area contributed by atoms with E-state index in [0.717, 1.165) is 6.42 Å². The number of carboxylic acid groups (broad SMARTS) is 1. The van der Waals surface area contributed by atoms with Gasteiger partial charge in [0, 0.05) is 6.54 Å². The van der Waals surface area contributed by atoms with Crippen LogP contribution in [-0.4, -0.2) is 26.1 Å². The van der Waals surface area contributed by atoms with Crippen molar-refractivity contribution >= 4 is 5.97 Å². The van der Waals surface area contributed by atoms with Crippen molar-refractivity contribution < 1.29 is 9.90 Å². The van der Waals surface area contributed by atoms with Crippen molar-refractivity contribution in [2.45, 2.75) is 33.2 Å². The average molecular weight is 259 g/mol. The highest BCUT2D eigenvalue weighted by Gasteiger charge is 2.17. The van der Waals surface area contributed by atoms with Crippen molar-refractivity contribution in [1.82, 2.24) is 15.0 Å². The van der Waals surface area contributed by atoms with Crippen LogP contribution in [0.25, 0.3) is 0 Å². The zero-order chi connectivity index (χ0) is 13.8. The lowest BCUT2D eigenvalue weighted by atomic mass is 10.1. The number of hydrogen-bond donors (Lipinski definition) is 1. The first-order valence-electron chi connectivity index (χ1n) is 6.33. The van der Waals surface area contributed by atoms with Gasteiger partial charge >= 0.3 is 5.97 Å². The summed E-state index contributed by atoms with van der Waals surface area (Å²) in [6.45, 7) is 4.60. The average Bonchev–Trinajstić information content (AvgIpc) is 2.81. The molecule has 0 aliphatic rings. The molecule has 0 radical (unpaired) electrons. The molecule has 100 valence electrons. The molecule has 0 saturated heterocycles. The second-order valence-electron chi connectivity index (χ2n) is 4.49. The van der Waals surface area contributed by atoms with E-state index in [0.29, 0.717) is 18.7 Å². The maximum absolute atomic E-state index is 11.1. The van der Waals surface area contributed by atoms with Crippen molar-refractivity contribution in [1.29, 1.82) is 0 Å². The van der Waals surface area contributed by atoms with Gasteiger partial charge < -0.3 is 5.11 Å². The van der Waals surface area contributed by atoms with E-state index in [1.165, 1.54) is 11.1 Å². The van der Waals surface area contributed by atoms with E-state index in [9.17, 15) is 4.79 Å². The number of hydrogen-bond acceptors (Lipinski definition) is 3. The molecule has 0 atom stereocenters. The standard InChI is InChI=1S/C14H17N3O2/c1-3-17-12(13(14(18)19)15-16-17)9-8-11-6-4-10(2)5-7-11/h4-7H,3,8-9H2,1-2H3,(H,18,19). The lowest BCUT2D eigenvalue weighted by molar-refractivity contribution is 0.0689. The van der Waals surface area contributed by atoms with Crippen LogP contribution in [0, 0.1) is 6.92 Å². The van der Waals surface area contributed by atoms with Gasteiger partial charge in [-0.2, -0.15) is 0 Å². The number of nitrogens with zero attached hydrogens (tertiary/aromatic N) is 3. The van der Waals surface area contributed by atoms with Crippen LogP contribution in [0.15, 0.2) is 24.3 Å². The van der Waals surface area contributed by atoms with Crippen molar-refractivity contribution in [2.75, 3.05) is 0 Å². The Balaban J connectivity index is 2.16. The smallest absolute Gasteiger partial charge is 0.358 e. The zero-order valence-corrected chi connectivity index (χ0v) is 11.1. The van der Waals surface area contributed by atoms with Crippen LogP contribution in [-0.2, 0) is 19.4 Å². The van der Waals surface area contributed by atoms with Crippen LogP contribution in [0.4, 0.5) is 0 Å². The Kier molecular flexibility index (Phi) is 3.94. The summed E-state index contributed by atoms with van der Waals surface area (Å²) in [6, 6.07) is 8.25. The summed E-state index contributed by atoms with van der Waals surface area (Å²) in [5.74, 6) is -1.02. The number of benzene rings is 1. The lowest BCUT2D eigenvalue weighted by Crippen LogP contribution is -2.08. The second kappa shape index (κ2) is 5.65. The van der Waals surface area contributed by atoms with Crippen LogP contribution < -0.4 is 0 Å². The summed E-state index contributed by atoms with van der Waals surface area (Å²) in [5, 5.41) is 16.7. The molecule has 0 saturated carbocycles. The SMILES string of the molecule is CCn1nnc(C(=O)O)c1CCc1ccc(C)cc1. The molecule has 1 N–H and O–H groups in total. The number of aromatic carboxylic acids is 1. The molecule has 5 nitrogen and oxygen atoms in total. The molecule has 1 aromatic carbocycles. The van der Waals surface area contributed by atoms with Crippen LogP contribution in [0.2, 0.25) is 0 Å². The van der Waals surface area contributed by atoms with Gasteiger partial charge in [0.2, 0.25) is 0 Å². The number of aryl methyl sites for hydroxylation is 3. The van der Waals surface area contributed by atoms with Crippen molar-refractivity contribution in [3.63, 3.8) is 0 Å². The number of carbonyl (C=O) groups is 1. The Morgan fingerprint density at radius 1 is 1.26 bits per heavy atom. The van der Waals surface area contributed by atoms with E-state index in [1.54, 1.807) is 4.68 Å². The van der Waals surface area contributed by atoms with E-state index in [4.69, 9.17) is 5.11 Å². The molecule has 2 rings (SSSR count). The molecule has 1 aromatic heterocycles. The fraction of sp³-hybridized carbons (Fsp3) is 0.357. The summed E-state index contributed by atoms with van der Waals surface area (Å²) in [4.78, 5) is 11.1. The summed E-state index contributed by atoms with van der Waals surface area (Å²) in [5.41, 5.74) is 3.16. The van der Waals surface area contributed by atoms with Crippen LogP contribution in [0.3, 0.4) is 0 Å². The molecule has 0 spiro atoms.